The maximum atomic E-state index is 12.8. The van der Waals surface area contributed by atoms with Crippen LogP contribution in [0.5, 0.6) is 5.88 Å². The Morgan fingerprint density at radius 2 is 2.00 bits per heavy atom. The second-order valence-corrected chi connectivity index (χ2v) is 6.18. The van der Waals surface area contributed by atoms with Crippen LogP contribution in [0.1, 0.15) is 30.1 Å². The summed E-state index contributed by atoms with van der Waals surface area (Å²) in [4.78, 5) is 26.3. The van der Waals surface area contributed by atoms with Crippen LogP contribution in [0.3, 0.4) is 0 Å². The number of aryl methyl sites for hydroxylation is 1. The van der Waals surface area contributed by atoms with E-state index in [1.54, 1.807) is 42.8 Å². The molecule has 1 aromatic carbocycles. The Labute approximate surface area is 146 Å². The second-order valence-electron chi connectivity index (χ2n) is 6.18. The lowest BCUT2D eigenvalue weighted by Gasteiger charge is -2.30. The summed E-state index contributed by atoms with van der Waals surface area (Å²) in [6.45, 7) is 3.32. The van der Waals surface area contributed by atoms with Gasteiger partial charge in [-0.15, -0.1) is 0 Å². The quantitative estimate of drug-likeness (QED) is 0.793. The van der Waals surface area contributed by atoms with Gasteiger partial charge in [-0.05, 0) is 38.0 Å². The maximum Gasteiger partial charge on any atom is 0.309 e. The Bertz CT molecular complexity index is 791. The molecular weight excluding hydrogens is 322 g/mol. The van der Waals surface area contributed by atoms with Gasteiger partial charge in [-0.1, -0.05) is 0 Å². The van der Waals surface area contributed by atoms with E-state index in [1.807, 2.05) is 6.07 Å². The van der Waals surface area contributed by atoms with Crippen molar-refractivity contribution in [2.45, 2.75) is 19.8 Å². The molecule has 0 unspecified atom stereocenters. The Balaban J connectivity index is 1.72. The highest BCUT2D eigenvalue weighted by Crippen LogP contribution is 2.26. The highest BCUT2D eigenvalue weighted by Gasteiger charge is 2.28. The minimum atomic E-state index is -0.156. The molecule has 0 saturated carbocycles. The number of nitrogens with zero attached hydrogens (tertiary/aromatic N) is 3. The third-order valence-electron chi connectivity index (χ3n) is 4.62. The van der Waals surface area contributed by atoms with Crippen LogP contribution < -0.4 is 4.74 Å². The van der Waals surface area contributed by atoms with E-state index < -0.39 is 0 Å². The van der Waals surface area contributed by atoms with Crippen LogP contribution in [0.2, 0.25) is 0 Å². The lowest BCUT2D eigenvalue weighted by Crippen LogP contribution is -2.40. The highest BCUT2D eigenvalue weighted by molar-refractivity contribution is 5.98. The van der Waals surface area contributed by atoms with Gasteiger partial charge in [-0.3, -0.25) is 9.59 Å². The first-order valence-electron chi connectivity index (χ1n) is 8.51. The predicted octanol–water partition coefficient (Wildman–Crippen LogP) is 2.00. The normalized spacial score (nSPS) is 15.4. The lowest BCUT2D eigenvalue weighted by atomic mass is 9.96. The van der Waals surface area contributed by atoms with E-state index in [-0.39, 0.29) is 17.8 Å². The van der Waals surface area contributed by atoms with E-state index in [0.29, 0.717) is 44.0 Å². The lowest BCUT2D eigenvalue weighted by molar-refractivity contribution is -0.149. The number of esters is 1. The number of likely N-dealkylation sites (tertiary alicyclic amines) is 1. The van der Waals surface area contributed by atoms with Crippen molar-refractivity contribution in [2.24, 2.45) is 13.0 Å². The summed E-state index contributed by atoms with van der Waals surface area (Å²) in [5.74, 6) is 0.376. The Morgan fingerprint density at radius 1 is 1.28 bits per heavy atom. The van der Waals surface area contributed by atoms with Gasteiger partial charge in [0.05, 0.1) is 30.5 Å². The first-order valence-corrected chi connectivity index (χ1v) is 8.51. The van der Waals surface area contributed by atoms with E-state index in [9.17, 15) is 9.59 Å². The fraction of sp³-hybridized carbons (Fsp3) is 0.500. The average molecular weight is 345 g/mol. The largest absolute Gasteiger partial charge is 0.481 e. The van der Waals surface area contributed by atoms with Crippen molar-refractivity contribution in [1.82, 2.24) is 14.7 Å². The number of ether oxygens (including phenoxy) is 2. The zero-order chi connectivity index (χ0) is 18.0. The van der Waals surface area contributed by atoms with E-state index in [0.717, 1.165) is 10.9 Å². The van der Waals surface area contributed by atoms with Crippen molar-refractivity contribution < 1.29 is 19.1 Å². The molecule has 3 rings (SSSR count). The molecule has 0 radical (unpaired) electrons. The van der Waals surface area contributed by atoms with Gasteiger partial charge in [0.1, 0.15) is 0 Å². The standard InChI is InChI=1S/C18H23N3O4/c1-4-25-18(23)12-7-9-21(10-8-12)16(22)13-5-6-14-15(11-13)19-20(2)17(14)24-3/h5-6,11-12H,4,7-10H2,1-3H3. The molecule has 0 spiro atoms. The van der Waals surface area contributed by atoms with Gasteiger partial charge < -0.3 is 14.4 Å². The number of amides is 1. The molecule has 1 aliphatic heterocycles. The smallest absolute Gasteiger partial charge is 0.309 e. The number of aromatic nitrogens is 2. The zero-order valence-electron chi connectivity index (χ0n) is 14.8. The van der Waals surface area contributed by atoms with Crippen LogP contribution in [-0.2, 0) is 16.6 Å². The van der Waals surface area contributed by atoms with Crippen molar-refractivity contribution in [1.29, 1.82) is 0 Å². The Kier molecular flexibility index (Phi) is 4.92. The number of rotatable bonds is 4. The van der Waals surface area contributed by atoms with E-state index in [1.165, 1.54) is 0 Å². The van der Waals surface area contributed by atoms with Crippen LogP contribution in [0.25, 0.3) is 10.9 Å². The van der Waals surface area contributed by atoms with Crippen molar-refractivity contribution >= 4 is 22.8 Å². The first kappa shape index (κ1) is 17.3. The molecule has 2 heterocycles. The molecule has 1 aromatic heterocycles. The maximum absolute atomic E-state index is 12.8. The number of methoxy groups -OCH3 is 1. The number of carbonyl (C=O) groups is 2. The van der Waals surface area contributed by atoms with E-state index in [2.05, 4.69) is 5.10 Å². The SMILES string of the molecule is CCOC(=O)C1CCN(C(=O)c2ccc3c(OC)n(C)nc3c2)CC1. The molecule has 0 bridgehead atoms. The van der Waals surface area contributed by atoms with Crippen LogP contribution in [-0.4, -0.2) is 53.4 Å². The van der Waals surface area contributed by atoms with Gasteiger partial charge in [0.2, 0.25) is 5.88 Å². The number of benzene rings is 1. The van der Waals surface area contributed by atoms with Gasteiger partial charge >= 0.3 is 5.97 Å². The summed E-state index contributed by atoms with van der Waals surface area (Å²) in [5.41, 5.74) is 1.33. The monoisotopic (exact) mass is 345 g/mol. The minimum Gasteiger partial charge on any atom is -0.481 e. The second kappa shape index (κ2) is 7.13. The Morgan fingerprint density at radius 3 is 2.64 bits per heavy atom. The summed E-state index contributed by atoms with van der Waals surface area (Å²) in [7, 11) is 3.41. The van der Waals surface area contributed by atoms with Crippen LogP contribution in [0, 0.1) is 5.92 Å². The third kappa shape index (κ3) is 3.31. The molecule has 0 atom stereocenters. The molecule has 1 fully saturated rings. The molecule has 1 aliphatic rings. The molecule has 2 aromatic rings. The predicted molar refractivity (Wildman–Crippen MR) is 92.5 cm³/mol. The van der Waals surface area contributed by atoms with Gasteiger partial charge in [0.15, 0.2) is 0 Å². The van der Waals surface area contributed by atoms with Crippen molar-refractivity contribution in [2.75, 3.05) is 26.8 Å². The molecule has 1 saturated heterocycles. The van der Waals surface area contributed by atoms with Crippen molar-refractivity contribution in [3.8, 4) is 5.88 Å². The molecule has 25 heavy (non-hydrogen) atoms. The molecule has 134 valence electrons. The van der Waals surface area contributed by atoms with E-state index >= 15 is 0 Å². The fourth-order valence-corrected chi connectivity index (χ4v) is 3.31. The first-order chi connectivity index (χ1) is 12.0. The third-order valence-corrected chi connectivity index (χ3v) is 4.62. The number of piperidine rings is 1. The number of hydrogen-bond donors (Lipinski definition) is 0. The summed E-state index contributed by atoms with van der Waals surface area (Å²) in [6.07, 6.45) is 1.29. The minimum absolute atomic E-state index is 0.0335. The van der Waals surface area contributed by atoms with Crippen LogP contribution in [0.4, 0.5) is 0 Å². The molecule has 0 N–H and O–H groups in total. The van der Waals surface area contributed by atoms with Crippen LogP contribution >= 0.6 is 0 Å². The summed E-state index contributed by atoms with van der Waals surface area (Å²) in [5, 5.41) is 5.26. The van der Waals surface area contributed by atoms with Gasteiger partial charge in [0, 0.05) is 25.7 Å². The highest BCUT2D eigenvalue weighted by atomic mass is 16.5. The molecule has 7 nitrogen and oxygen atoms in total. The average Bonchev–Trinajstić information content (AvgIpc) is 2.95. The number of hydrogen-bond acceptors (Lipinski definition) is 5. The van der Waals surface area contributed by atoms with E-state index in [4.69, 9.17) is 9.47 Å². The summed E-state index contributed by atoms with van der Waals surface area (Å²) >= 11 is 0. The van der Waals surface area contributed by atoms with Gasteiger partial charge in [-0.25, -0.2) is 4.68 Å². The molecule has 7 heteroatoms. The summed E-state index contributed by atoms with van der Waals surface area (Å²) < 4.78 is 12.1. The number of fused-ring (bicyclic) bond motifs is 1. The van der Waals surface area contributed by atoms with Crippen molar-refractivity contribution in [3.63, 3.8) is 0 Å². The molecule has 0 aliphatic carbocycles. The topological polar surface area (TPSA) is 73.7 Å². The molecular formula is C18H23N3O4. The van der Waals surface area contributed by atoms with Crippen LogP contribution in [0.15, 0.2) is 18.2 Å². The number of carbonyl (C=O) groups excluding carboxylic acids is 2. The zero-order valence-corrected chi connectivity index (χ0v) is 14.8. The molecule has 1 amide bonds. The Hall–Kier alpha value is -2.57. The van der Waals surface area contributed by atoms with Gasteiger partial charge in [-0.2, -0.15) is 5.10 Å². The summed E-state index contributed by atoms with van der Waals surface area (Å²) in [6, 6.07) is 5.45. The van der Waals surface area contributed by atoms with Crippen molar-refractivity contribution in [3.05, 3.63) is 23.8 Å². The fourth-order valence-electron chi connectivity index (χ4n) is 3.31. The van der Waals surface area contributed by atoms with Gasteiger partial charge in [0.25, 0.3) is 5.91 Å².